The predicted octanol–water partition coefficient (Wildman–Crippen LogP) is 5.50. The van der Waals surface area contributed by atoms with E-state index in [1.54, 1.807) is 18.4 Å². The van der Waals surface area contributed by atoms with Crippen LogP contribution < -0.4 is 14.8 Å². The second kappa shape index (κ2) is 10.9. The van der Waals surface area contributed by atoms with Crippen LogP contribution in [0.1, 0.15) is 18.3 Å². The Morgan fingerprint density at radius 2 is 1.72 bits per heavy atom. The van der Waals surface area contributed by atoms with Gasteiger partial charge in [-0.25, -0.2) is 9.97 Å². The zero-order valence-corrected chi connectivity index (χ0v) is 21.7. The molecule has 0 aliphatic carbocycles. The molecule has 9 heteroatoms. The number of benzene rings is 2. The van der Waals surface area contributed by atoms with Gasteiger partial charge in [-0.1, -0.05) is 0 Å². The molecule has 0 unspecified atom stereocenters. The lowest BCUT2D eigenvalue weighted by molar-refractivity contribution is -0.120. The SMILES string of the molecule is CCOc1ccc(-c2cn3c(CC(=O)NCCc4csc(-c5ccc(OC)cc5)n4)csc3n2)cc1. The summed E-state index contributed by atoms with van der Waals surface area (Å²) >= 11 is 3.14. The normalized spacial score (nSPS) is 11.1. The Labute approximate surface area is 217 Å². The van der Waals surface area contributed by atoms with Gasteiger partial charge in [-0.2, -0.15) is 0 Å². The minimum atomic E-state index is -0.0170. The monoisotopic (exact) mass is 518 g/mol. The maximum Gasteiger partial charge on any atom is 0.225 e. The van der Waals surface area contributed by atoms with Crippen molar-refractivity contribution in [2.45, 2.75) is 19.8 Å². The van der Waals surface area contributed by atoms with Crippen LogP contribution in [0.4, 0.5) is 0 Å². The van der Waals surface area contributed by atoms with Gasteiger partial charge in [-0.15, -0.1) is 22.7 Å². The van der Waals surface area contributed by atoms with Crippen molar-refractivity contribution < 1.29 is 14.3 Å². The molecule has 1 N–H and O–H groups in total. The molecule has 5 aromatic rings. The number of fused-ring (bicyclic) bond motifs is 1. The molecule has 0 radical (unpaired) electrons. The van der Waals surface area contributed by atoms with E-state index in [1.165, 1.54) is 11.3 Å². The summed E-state index contributed by atoms with van der Waals surface area (Å²) in [5, 5.41) is 8.02. The highest BCUT2D eigenvalue weighted by atomic mass is 32.1. The topological polar surface area (TPSA) is 77.8 Å². The highest BCUT2D eigenvalue weighted by Gasteiger charge is 2.13. The molecule has 36 heavy (non-hydrogen) atoms. The second-order valence-electron chi connectivity index (χ2n) is 8.11. The minimum absolute atomic E-state index is 0.0170. The third-order valence-electron chi connectivity index (χ3n) is 5.68. The number of ether oxygens (including phenoxy) is 2. The van der Waals surface area contributed by atoms with Gasteiger partial charge in [0.15, 0.2) is 4.96 Å². The molecule has 3 heterocycles. The van der Waals surface area contributed by atoms with E-state index in [0.29, 0.717) is 26.0 Å². The summed E-state index contributed by atoms with van der Waals surface area (Å²) < 4.78 is 12.7. The molecule has 0 aliphatic rings. The molecule has 5 rings (SSSR count). The summed E-state index contributed by atoms with van der Waals surface area (Å²) in [6, 6.07) is 15.8. The van der Waals surface area contributed by atoms with Gasteiger partial charge < -0.3 is 14.8 Å². The molecule has 7 nitrogen and oxygen atoms in total. The largest absolute Gasteiger partial charge is 0.497 e. The smallest absolute Gasteiger partial charge is 0.225 e. The van der Waals surface area contributed by atoms with E-state index < -0.39 is 0 Å². The van der Waals surface area contributed by atoms with Crippen molar-refractivity contribution in [3.8, 4) is 33.3 Å². The van der Waals surface area contributed by atoms with Crippen LogP contribution in [0.2, 0.25) is 0 Å². The average Bonchev–Trinajstić information content (AvgIpc) is 3.63. The molecule has 0 fully saturated rings. The quantitative estimate of drug-likeness (QED) is 0.264. The van der Waals surface area contributed by atoms with Crippen molar-refractivity contribution in [3.05, 3.63) is 76.9 Å². The van der Waals surface area contributed by atoms with E-state index in [2.05, 4.69) is 5.32 Å². The number of methoxy groups -OCH3 is 1. The number of nitrogens with one attached hydrogen (secondary N) is 1. The molecular formula is C27H26N4O3S2. The van der Waals surface area contributed by atoms with Gasteiger partial charge in [0.1, 0.15) is 16.5 Å². The summed E-state index contributed by atoms with van der Waals surface area (Å²) in [6.45, 7) is 3.15. The molecule has 0 spiro atoms. The first-order valence-electron chi connectivity index (χ1n) is 11.7. The standard InChI is InChI=1S/C27H26N4O3S2/c1-3-34-23-10-4-18(5-11-23)24-15-31-21(17-36-27(31)30-24)14-25(32)28-13-12-20-16-35-26(29-20)19-6-8-22(33-2)9-7-19/h4-11,15-17H,3,12-14H2,1-2H3,(H,28,32). The maximum atomic E-state index is 12.6. The number of amides is 1. The average molecular weight is 519 g/mol. The molecule has 0 saturated heterocycles. The van der Waals surface area contributed by atoms with Gasteiger partial charge in [0.05, 0.1) is 31.5 Å². The number of aromatic nitrogens is 3. The molecule has 184 valence electrons. The fourth-order valence-electron chi connectivity index (χ4n) is 3.83. The number of imidazole rings is 1. The Kier molecular flexibility index (Phi) is 7.29. The van der Waals surface area contributed by atoms with Crippen molar-refractivity contribution in [2.24, 2.45) is 0 Å². The zero-order valence-electron chi connectivity index (χ0n) is 20.1. The highest BCUT2D eigenvalue weighted by Crippen LogP contribution is 2.27. The van der Waals surface area contributed by atoms with Gasteiger partial charge in [0.25, 0.3) is 0 Å². The first-order chi connectivity index (χ1) is 17.6. The lowest BCUT2D eigenvalue weighted by Gasteiger charge is -2.04. The van der Waals surface area contributed by atoms with E-state index in [-0.39, 0.29) is 5.91 Å². The van der Waals surface area contributed by atoms with Crippen molar-refractivity contribution in [2.75, 3.05) is 20.3 Å². The molecule has 0 bridgehead atoms. The Morgan fingerprint density at radius 1 is 0.972 bits per heavy atom. The zero-order chi connectivity index (χ0) is 24.9. The van der Waals surface area contributed by atoms with Crippen molar-refractivity contribution in [1.29, 1.82) is 0 Å². The van der Waals surface area contributed by atoms with E-state index >= 15 is 0 Å². The first kappa shape index (κ1) is 24.0. The van der Waals surface area contributed by atoms with Gasteiger partial charge in [-0.05, 0) is 55.5 Å². The van der Waals surface area contributed by atoms with Crippen LogP contribution in [-0.2, 0) is 17.6 Å². The van der Waals surface area contributed by atoms with Gasteiger partial charge >= 0.3 is 0 Å². The van der Waals surface area contributed by atoms with Gasteiger partial charge in [0, 0.05) is 46.7 Å². The van der Waals surface area contributed by atoms with Crippen LogP contribution in [0, 0.1) is 0 Å². The predicted molar refractivity (Wildman–Crippen MR) is 144 cm³/mol. The summed E-state index contributed by atoms with van der Waals surface area (Å²) in [7, 11) is 1.65. The minimum Gasteiger partial charge on any atom is -0.497 e. The van der Waals surface area contributed by atoms with Crippen LogP contribution in [0.5, 0.6) is 11.5 Å². The van der Waals surface area contributed by atoms with Crippen LogP contribution in [0.3, 0.4) is 0 Å². The Bertz CT molecular complexity index is 1450. The Balaban J connectivity index is 1.16. The molecule has 1 amide bonds. The first-order valence-corrected chi connectivity index (χ1v) is 13.4. The van der Waals surface area contributed by atoms with Crippen LogP contribution in [-0.4, -0.2) is 40.5 Å². The molecular weight excluding hydrogens is 492 g/mol. The fourth-order valence-corrected chi connectivity index (χ4v) is 5.56. The summed E-state index contributed by atoms with van der Waals surface area (Å²) in [6.07, 6.45) is 2.97. The highest BCUT2D eigenvalue weighted by molar-refractivity contribution is 7.15. The van der Waals surface area contributed by atoms with E-state index in [9.17, 15) is 4.79 Å². The summed E-state index contributed by atoms with van der Waals surface area (Å²) in [5.41, 5.74) is 4.85. The summed E-state index contributed by atoms with van der Waals surface area (Å²) in [4.78, 5) is 22.9. The van der Waals surface area contributed by atoms with Crippen molar-refractivity contribution in [3.63, 3.8) is 0 Å². The number of carbonyl (C=O) groups excluding carboxylic acids is 1. The van der Waals surface area contributed by atoms with E-state index in [0.717, 1.165) is 49.7 Å². The second-order valence-corrected chi connectivity index (χ2v) is 9.81. The molecule has 0 atom stereocenters. The van der Waals surface area contributed by atoms with E-state index in [1.807, 2.05) is 76.8 Å². The summed E-state index contributed by atoms with van der Waals surface area (Å²) in [5.74, 6) is 1.65. The van der Waals surface area contributed by atoms with Gasteiger partial charge in [0.2, 0.25) is 5.91 Å². The molecule has 2 aromatic carbocycles. The van der Waals surface area contributed by atoms with Crippen LogP contribution in [0.25, 0.3) is 26.8 Å². The number of hydrogen-bond acceptors (Lipinski definition) is 7. The number of thiazole rings is 2. The van der Waals surface area contributed by atoms with Gasteiger partial charge in [-0.3, -0.25) is 9.20 Å². The number of rotatable bonds is 10. The lowest BCUT2D eigenvalue weighted by atomic mass is 10.1. The van der Waals surface area contributed by atoms with Crippen molar-refractivity contribution in [1.82, 2.24) is 19.7 Å². The number of carbonyl (C=O) groups is 1. The third-order valence-corrected chi connectivity index (χ3v) is 7.51. The molecule has 0 saturated carbocycles. The lowest BCUT2D eigenvalue weighted by Crippen LogP contribution is -2.27. The molecule has 0 aliphatic heterocycles. The van der Waals surface area contributed by atoms with Crippen molar-refractivity contribution >= 4 is 33.5 Å². The Morgan fingerprint density at radius 3 is 2.47 bits per heavy atom. The third kappa shape index (κ3) is 5.42. The fraction of sp³-hybridized carbons (Fsp3) is 0.222. The van der Waals surface area contributed by atoms with Crippen LogP contribution >= 0.6 is 22.7 Å². The number of hydrogen-bond donors (Lipinski definition) is 1. The van der Waals surface area contributed by atoms with Crippen LogP contribution in [0.15, 0.2) is 65.5 Å². The Hall–Kier alpha value is -3.69. The number of nitrogens with zero attached hydrogens (tertiary/aromatic N) is 3. The molecule has 3 aromatic heterocycles. The maximum absolute atomic E-state index is 12.6. The van der Waals surface area contributed by atoms with E-state index in [4.69, 9.17) is 19.4 Å².